The van der Waals surface area contributed by atoms with Gasteiger partial charge < -0.3 is 9.80 Å². The molecular formula is C20H30N4O. The zero-order valence-electron chi connectivity index (χ0n) is 15.3. The number of pyridine rings is 1. The Balaban J connectivity index is 1.25. The van der Waals surface area contributed by atoms with E-state index in [0.717, 1.165) is 58.1 Å². The van der Waals surface area contributed by atoms with Crippen LogP contribution in [0.3, 0.4) is 0 Å². The van der Waals surface area contributed by atoms with Crippen LogP contribution in [0.5, 0.6) is 0 Å². The van der Waals surface area contributed by atoms with Crippen molar-refractivity contribution in [3.63, 3.8) is 0 Å². The molecule has 136 valence electrons. The van der Waals surface area contributed by atoms with E-state index in [4.69, 9.17) is 0 Å². The summed E-state index contributed by atoms with van der Waals surface area (Å²) in [6.45, 7) is 9.58. The predicted molar refractivity (Wildman–Crippen MR) is 99.5 cm³/mol. The second-order valence-corrected chi connectivity index (χ2v) is 8.09. The monoisotopic (exact) mass is 342 g/mol. The fourth-order valence-electron chi connectivity index (χ4n) is 4.38. The number of nitrogens with zero attached hydrogens (tertiary/aromatic N) is 4. The van der Waals surface area contributed by atoms with Gasteiger partial charge in [0.2, 0.25) is 5.91 Å². The highest BCUT2D eigenvalue weighted by atomic mass is 16.2. The van der Waals surface area contributed by atoms with Crippen molar-refractivity contribution >= 4 is 11.7 Å². The van der Waals surface area contributed by atoms with Crippen LogP contribution in [0.4, 0.5) is 5.82 Å². The molecule has 1 saturated carbocycles. The molecule has 25 heavy (non-hydrogen) atoms. The Morgan fingerprint density at radius 1 is 1.20 bits per heavy atom. The number of anilines is 1. The number of piperidine rings is 1. The molecule has 0 N–H and O–H groups in total. The second-order valence-electron chi connectivity index (χ2n) is 8.09. The first-order valence-electron chi connectivity index (χ1n) is 9.88. The van der Waals surface area contributed by atoms with Gasteiger partial charge in [0.15, 0.2) is 0 Å². The molecule has 0 unspecified atom stereocenters. The number of carbonyl (C=O) groups is 1. The van der Waals surface area contributed by atoms with E-state index in [9.17, 15) is 4.79 Å². The van der Waals surface area contributed by atoms with Gasteiger partial charge in [-0.05, 0) is 43.2 Å². The number of piperazine rings is 1. The molecule has 1 aromatic heterocycles. The number of carbonyl (C=O) groups excluding carboxylic acids is 1. The van der Waals surface area contributed by atoms with Crippen LogP contribution in [-0.4, -0.2) is 66.5 Å². The first-order valence-corrected chi connectivity index (χ1v) is 9.88. The first kappa shape index (κ1) is 16.8. The number of rotatable bonds is 4. The van der Waals surface area contributed by atoms with Crippen LogP contribution in [0.25, 0.3) is 0 Å². The van der Waals surface area contributed by atoms with Gasteiger partial charge in [-0.15, -0.1) is 0 Å². The van der Waals surface area contributed by atoms with Gasteiger partial charge in [-0.2, -0.15) is 0 Å². The van der Waals surface area contributed by atoms with Gasteiger partial charge in [-0.3, -0.25) is 9.69 Å². The van der Waals surface area contributed by atoms with Gasteiger partial charge in [0, 0.05) is 57.9 Å². The summed E-state index contributed by atoms with van der Waals surface area (Å²) in [6.07, 6.45) is 5.42. The molecule has 0 spiro atoms. The highest BCUT2D eigenvalue weighted by molar-refractivity contribution is 5.81. The molecule has 4 rings (SSSR count). The van der Waals surface area contributed by atoms with Gasteiger partial charge in [0.05, 0.1) is 0 Å². The molecule has 5 heteroatoms. The van der Waals surface area contributed by atoms with Crippen molar-refractivity contribution in [2.45, 2.75) is 26.2 Å². The smallest absolute Gasteiger partial charge is 0.225 e. The lowest BCUT2D eigenvalue weighted by molar-refractivity contribution is -0.134. The first-order chi connectivity index (χ1) is 12.2. The van der Waals surface area contributed by atoms with Gasteiger partial charge in [0.25, 0.3) is 0 Å². The number of likely N-dealkylation sites (tertiary alicyclic amines) is 1. The Morgan fingerprint density at radius 2 is 2.00 bits per heavy atom. The van der Waals surface area contributed by atoms with E-state index in [1.54, 1.807) is 0 Å². The lowest BCUT2D eigenvalue weighted by Gasteiger charge is -2.39. The van der Waals surface area contributed by atoms with Crippen LogP contribution < -0.4 is 4.90 Å². The maximum absolute atomic E-state index is 12.5. The summed E-state index contributed by atoms with van der Waals surface area (Å²) in [7, 11) is 0. The van der Waals surface area contributed by atoms with Crippen LogP contribution in [0.15, 0.2) is 24.4 Å². The lowest BCUT2D eigenvalue weighted by Crippen LogP contribution is -2.50. The zero-order valence-corrected chi connectivity index (χ0v) is 15.3. The molecule has 3 aliphatic rings. The third kappa shape index (κ3) is 3.97. The molecule has 2 saturated heterocycles. The molecule has 0 bridgehead atoms. The van der Waals surface area contributed by atoms with Crippen molar-refractivity contribution < 1.29 is 4.79 Å². The summed E-state index contributed by atoms with van der Waals surface area (Å²) in [5, 5.41) is 0. The molecule has 1 amide bonds. The molecule has 3 atom stereocenters. The number of hydrogen-bond donors (Lipinski definition) is 0. The molecule has 1 aromatic rings. The number of amides is 1. The van der Waals surface area contributed by atoms with Crippen LogP contribution in [0.2, 0.25) is 0 Å². The topological polar surface area (TPSA) is 39.7 Å². The summed E-state index contributed by atoms with van der Waals surface area (Å²) in [4.78, 5) is 24.1. The van der Waals surface area contributed by atoms with Crippen molar-refractivity contribution in [1.29, 1.82) is 0 Å². The van der Waals surface area contributed by atoms with E-state index in [-0.39, 0.29) is 0 Å². The average molecular weight is 342 g/mol. The fourth-order valence-corrected chi connectivity index (χ4v) is 4.38. The van der Waals surface area contributed by atoms with E-state index >= 15 is 0 Å². The standard InChI is InChI=1S/C20H30N4O/c1-16-13-18(16)20(25)24-8-4-5-17(15-24)14-22-9-11-23(12-10-22)19-6-2-3-7-21-19/h2-3,6-7,16-18H,4-5,8-15H2,1H3/t16-,17+,18+/m1/s1. The van der Waals surface area contributed by atoms with Crippen LogP contribution in [0.1, 0.15) is 26.2 Å². The van der Waals surface area contributed by atoms with Crippen molar-refractivity contribution in [3.05, 3.63) is 24.4 Å². The molecule has 0 aromatic carbocycles. The molecule has 0 radical (unpaired) electrons. The third-order valence-electron chi connectivity index (χ3n) is 6.12. The van der Waals surface area contributed by atoms with Gasteiger partial charge >= 0.3 is 0 Å². The molecule has 5 nitrogen and oxygen atoms in total. The van der Waals surface area contributed by atoms with Gasteiger partial charge in [-0.25, -0.2) is 4.98 Å². The Bertz CT molecular complexity index is 585. The van der Waals surface area contributed by atoms with E-state index in [1.165, 1.54) is 12.8 Å². The number of aromatic nitrogens is 1. The Kier molecular flexibility index (Phi) is 4.93. The summed E-state index contributed by atoms with van der Waals surface area (Å²) < 4.78 is 0. The lowest BCUT2D eigenvalue weighted by atomic mass is 9.96. The highest BCUT2D eigenvalue weighted by Crippen LogP contribution is 2.39. The molecule has 2 aliphatic heterocycles. The third-order valence-corrected chi connectivity index (χ3v) is 6.12. The second kappa shape index (κ2) is 7.32. The Hall–Kier alpha value is -1.62. The largest absolute Gasteiger partial charge is 0.354 e. The van der Waals surface area contributed by atoms with Crippen LogP contribution >= 0.6 is 0 Å². The van der Waals surface area contributed by atoms with E-state index < -0.39 is 0 Å². The fraction of sp³-hybridized carbons (Fsp3) is 0.700. The highest BCUT2D eigenvalue weighted by Gasteiger charge is 2.42. The average Bonchev–Trinajstić information content (AvgIpc) is 3.39. The van der Waals surface area contributed by atoms with Crippen LogP contribution in [-0.2, 0) is 4.79 Å². The quantitative estimate of drug-likeness (QED) is 0.840. The van der Waals surface area contributed by atoms with E-state index in [2.05, 4.69) is 38.7 Å². The van der Waals surface area contributed by atoms with Crippen molar-refractivity contribution in [3.8, 4) is 0 Å². The van der Waals surface area contributed by atoms with Crippen molar-refractivity contribution in [2.75, 3.05) is 50.7 Å². The van der Waals surface area contributed by atoms with Gasteiger partial charge in [-0.1, -0.05) is 13.0 Å². The summed E-state index contributed by atoms with van der Waals surface area (Å²) in [6, 6.07) is 6.13. The summed E-state index contributed by atoms with van der Waals surface area (Å²) >= 11 is 0. The SMILES string of the molecule is C[C@@H]1C[C@@H]1C(=O)N1CCC[C@@H](CN2CCN(c3ccccn3)CC2)C1. The minimum atomic E-state index is 0.334. The van der Waals surface area contributed by atoms with E-state index in [0.29, 0.717) is 23.7 Å². The number of hydrogen-bond acceptors (Lipinski definition) is 4. The van der Waals surface area contributed by atoms with Crippen molar-refractivity contribution in [1.82, 2.24) is 14.8 Å². The predicted octanol–water partition coefficient (Wildman–Crippen LogP) is 2.10. The summed E-state index contributed by atoms with van der Waals surface area (Å²) in [5.41, 5.74) is 0. The van der Waals surface area contributed by atoms with Crippen molar-refractivity contribution in [2.24, 2.45) is 17.8 Å². The minimum Gasteiger partial charge on any atom is -0.354 e. The minimum absolute atomic E-state index is 0.334. The molecule has 3 fully saturated rings. The summed E-state index contributed by atoms with van der Waals surface area (Å²) in [5.74, 6) is 3.12. The Morgan fingerprint density at radius 3 is 2.68 bits per heavy atom. The molecule has 3 heterocycles. The van der Waals surface area contributed by atoms with Crippen LogP contribution in [0, 0.1) is 17.8 Å². The normalized spacial score (nSPS) is 30.4. The Labute approximate surface area is 151 Å². The van der Waals surface area contributed by atoms with Gasteiger partial charge in [0.1, 0.15) is 5.82 Å². The molecular weight excluding hydrogens is 312 g/mol. The van der Waals surface area contributed by atoms with E-state index in [1.807, 2.05) is 12.3 Å². The maximum atomic E-state index is 12.5. The zero-order chi connectivity index (χ0) is 17.2. The molecule has 1 aliphatic carbocycles. The maximum Gasteiger partial charge on any atom is 0.225 e.